The van der Waals surface area contributed by atoms with Crippen LogP contribution in [-0.2, 0) is 0 Å². The molecule has 6 heteroatoms. The number of nitrogens with zero attached hydrogens (tertiary/aromatic N) is 4. The van der Waals surface area contributed by atoms with E-state index in [4.69, 9.17) is 9.47 Å². The minimum atomic E-state index is 0.775. The van der Waals surface area contributed by atoms with Gasteiger partial charge in [-0.15, -0.1) is 0 Å². The Bertz CT molecular complexity index is 1170. The number of methoxy groups -OCH3 is 2. The summed E-state index contributed by atoms with van der Waals surface area (Å²) in [6, 6.07) is 30.7. The molecule has 0 spiro atoms. The largest absolute Gasteiger partial charge is 0.497 e. The normalized spacial score (nSPS) is 11.5. The van der Waals surface area contributed by atoms with Crippen molar-refractivity contribution in [2.24, 2.45) is 20.5 Å². The van der Waals surface area contributed by atoms with Crippen LogP contribution in [0.5, 0.6) is 11.5 Å². The molecule has 0 saturated carbocycles. The molecular weight excluding hydrogens is 424 g/mol. The molecule has 0 fully saturated rings. The van der Waals surface area contributed by atoms with Crippen molar-refractivity contribution in [3.05, 3.63) is 108 Å². The quantitative estimate of drug-likeness (QED) is 0.200. The molecule has 168 valence electrons. The number of ether oxygens (including phenoxy) is 2. The number of hydrogen-bond donors (Lipinski definition) is 0. The van der Waals surface area contributed by atoms with Gasteiger partial charge in [-0.2, -0.15) is 20.5 Å². The molecule has 0 radical (unpaired) electrons. The van der Waals surface area contributed by atoms with Crippen molar-refractivity contribution in [3.8, 4) is 11.5 Å². The fourth-order valence-electron chi connectivity index (χ4n) is 3.03. The maximum atomic E-state index is 5.15. The van der Waals surface area contributed by atoms with Gasteiger partial charge < -0.3 is 9.47 Å². The molecule has 4 rings (SSSR count). The van der Waals surface area contributed by atoms with Crippen molar-refractivity contribution in [1.29, 1.82) is 0 Å². The first-order chi connectivity index (χ1) is 16.7. The summed E-state index contributed by atoms with van der Waals surface area (Å²) in [5, 5.41) is 17.1. The molecule has 0 atom stereocenters. The Kier molecular flexibility index (Phi) is 7.54. The molecule has 34 heavy (non-hydrogen) atoms. The molecule has 0 aliphatic heterocycles. The Labute approximate surface area is 198 Å². The molecule has 4 aromatic rings. The van der Waals surface area contributed by atoms with Crippen LogP contribution in [0.2, 0.25) is 0 Å². The molecule has 0 aliphatic rings. The van der Waals surface area contributed by atoms with Crippen molar-refractivity contribution >= 4 is 34.9 Å². The molecule has 4 aromatic carbocycles. The van der Waals surface area contributed by atoms with Crippen molar-refractivity contribution in [1.82, 2.24) is 0 Å². The third-order valence-corrected chi connectivity index (χ3v) is 4.96. The van der Waals surface area contributed by atoms with Gasteiger partial charge in [0, 0.05) is 0 Å². The van der Waals surface area contributed by atoms with Crippen LogP contribution in [0.1, 0.15) is 11.1 Å². The fourth-order valence-corrected chi connectivity index (χ4v) is 3.03. The van der Waals surface area contributed by atoms with Crippen LogP contribution in [0.25, 0.3) is 12.2 Å². The lowest BCUT2D eigenvalue weighted by atomic mass is 10.1. The summed E-state index contributed by atoms with van der Waals surface area (Å²) in [4.78, 5) is 0. The minimum absolute atomic E-state index is 0.775. The zero-order valence-corrected chi connectivity index (χ0v) is 19.0. The van der Waals surface area contributed by atoms with Crippen LogP contribution in [0.15, 0.2) is 118 Å². The SMILES string of the molecule is COc1ccc(N=Nc2ccc(/C=C/c3ccc(N=Nc4ccc(OC)cc4)cc3)cc2)cc1. The summed E-state index contributed by atoms with van der Waals surface area (Å²) in [6.45, 7) is 0. The van der Waals surface area contributed by atoms with Crippen molar-refractivity contribution in [2.75, 3.05) is 14.2 Å². The predicted octanol–water partition coefficient (Wildman–Crippen LogP) is 8.71. The number of azo groups is 2. The highest BCUT2D eigenvalue weighted by Gasteiger charge is 1.96. The highest BCUT2D eigenvalue weighted by Crippen LogP contribution is 2.23. The zero-order chi connectivity index (χ0) is 23.6. The van der Waals surface area contributed by atoms with E-state index in [9.17, 15) is 0 Å². The van der Waals surface area contributed by atoms with Crippen molar-refractivity contribution in [2.45, 2.75) is 0 Å². The van der Waals surface area contributed by atoms with Gasteiger partial charge in [0.1, 0.15) is 11.5 Å². The summed E-state index contributed by atoms with van der Waals surface area (Å²) >= 11 is 0. The summed E-state index contributed by atoms with van der Waals surface area (Å²) in [7, 11) is 3.28. The molecule has 0 saturated heterocycles. The summed E-state index contributed by atoms with van der Waals surface area (Å²) in [6.07, 6.45) is 4.11. The summed E-state index contributed by atoms with van der Waals surface area (Å²) in [5.74, 6) is 1.59. The van der Waals surface area contributed by atoms with E-state index in [2.05, 4.69) is 32.6 Å². The van der Waals surface area contributed by atoms with Gasteiger partial charge in [0.15, 0.2) is 0 Å². The van der Waals surface area contributed by atoms with E-state index in [1.54, 1.807) is 14.2 Å². The first-order valence-electron chi connectivity index (χ1n) is 10.7. The molecule has 0 bridgehead atoms. The number of benzene rings is 4. The third-order valence-electron chi connectivity index (χ3n) is 4.96. The van der Waals surface area contributed by atoms with Crippen molar-refractivity contribution in [3.63, 3.8) is 0 Å². The van der Waals surface area contributed by atoms with E-state index in [-0.39, 0.29) is 0 Å². The molecule has 0 amide bonds. The van der Waals surface area contributed by atoms with Gasteiger partial charge in [0.2, 0.25) is 0 Å². The van der Waals surface area contributed by atoms with E-state index in [0.717, 1.165) is 45.4 Å². The molecule has 6 nitrogen and oxygen atoms in total. The van der Waals surface area contributed by atoms with Crippen molar-refractivity contribution < 1.29 is 9.47 Å². The third kappa shape index (κ3) is 6.46. The standard InChI is InChI=1S/C28H24N4O2/c1-33-27-17-13-25(14-18-27)31-29-23-9-5-21(6-10-23)3-4-22-7-11-24(12-8-22)30-32-26-15-19-28(34-2)20-16-26/h3-20H,1-2H3/b4-3+,31-29?,32-30?. The maximum absolute atomic E-state index is 5.15. The monoisotopic (exact) mass is 448 g/mol. The van der Waals surface area contributed by atoms with Crippen LogP contribution in [-0.4, -0.2) is 14.2 Å². The average molecular weight is 449 g/mol. The molecule has 0 heterocycles. The lowest BCUT2D eigenvalue weighted by Crippen LogP contribution is -1.79. The number of hydrogen-bond acceptors (Lipinski definition) is 6. The van der Waals surface area contributed by atoms with E-state index in [1.165, 1.54) is 0 Å². The van der Waals surface area contributed by atoms with Gasteiger partial charge in [-0.3, -0.25) is 0 Å². The molecule has 0 N–H and O–H groups in total. The lowest BCUT2D eigenvalue weighted by molar-refractivity contribution is 0.414. The molecule has 0 aromatic heterocycles. The zero-order valence-electron chi connectivity index (χ0n) is 19.0. The van der Waals surface area contributed by atoms with Crippen LogP contribution in [0, 0.1) is 0 Å². The van der Waals surface area contributed by atoms with Gasteiger partial charge in [0.05, 0.1) is 37.0 Å². The maximum Gasteiger partial charge on any atom is 0.119 e. The smallest absolute Gasteiger partial charge is 0.119 e. The summed E-state index contributed by atoms with van der Waals surface area (Å²) < 4.78 is 10.3. The van der Waals surface area contributed by atoms with Crippen LogP contribution < -0.4 is 9.47 Å². The first kappa shape index (κ1) is 22.6. The van der Waals surface area contributed by atoms with E-state index in [0.29, 0.717) is 0 Å². The lowest BCUT2D eigenvalue weighted by Gasteiger charge is -1.99. The first-order valence-corrected chi connectivity index (χ1v) is 10.7. The van der Waals surface area contributed by atoms with Gasteiger partial charge in [-0.05, 0) is 83.9 Å². The molecule has 0 unspecified atom stereocenters. The second-order valence-electron chi connectivity index (χ2n) is 7.31. The summed E-state index contributed by atoms with van der Waals surface area (Å²) in [5.41, 5.74) is 5.28. The Morgan fingerprint density at radius 1 is 0.412 bits per heavy atom. The predicted molar refractivity (Wildman–Crippen MR) is 136 cm³/mol. The molecular formula is C28H24N4O2. The fraction of sp³-hybridized carbons (Fsp3) is 0.0714. The van der Waals surface area contributed by atoms with Gasteiger partial charge in [-0.25, -0.2) is 0 Å². The van der Waals surface area contributed by atoms with Gasteiger partial charge >= 0.3 is 0 Å². The Morgan fingerprint density at radius 2 is 0.676 bits per heavy atom. The number of rotatable bonds is 8. The average Bonchev–Trinajstić information content (AvgIpc) is 2.91. The highest BCUT2D eigenvalue weighted by atomic mass is 16.5. The highest BCUT2D eigenvalue weighted by molar-refractivity contribution is 5.70. The van der Waals surface area contributed by atoms with Crippen LogP contribution in [0.4, 0.5) is 22.7 Å². The minimum Gasteiger partial charge on any atom is -0.497 e. The Morgan fingerprint density at radius 3 is 0.941 bits per heavy atom. The second-order valence-corrected chi connectivity index (χ2v) is 7.31. The van der Waals surface area contributed by atoms with Crippen LogP contribution >= 0.6 is 0 Å². The second kappa shape index (κ2) is 11.3. The topological polar surface area (TPSA) is 67.9 Å². The van der Waals surface area contributed by atoms with E-state index < -0.39 is 0 Å². The van der Waals surface area contributed by atoms with Gasteiger partial charge in [0.25, 0.3) is 0 Å². The van der Waals surface area contributed by atoms with Crippen LogP contribution in [0.3, 0.4) is 0 Å². The van der Waals surface area contributed by atoms with E-state index >= 15 is 0 Å². The molecule has 0 aliphatic carbocycles. The van der Waals surface area contributed by atoms with E-state index in [1.807, 2.05) is 97.1 Å². The van der Waals surface area contributed by atoms with Gasteiger partial charge in [-0.1, -0.05) is 36.4 Å². The Hall–Kier alpha value is -4.58. The Balaban J connectivity index is 1.33.